The number of aryl methyl sites for hydroxylation is 1. The highest BCUT2D eigenvalue weighted by Crippen LogP contribution is 2.26. The van der Waals surface area contributed by atoms with Crippen molar-refractivity contribution in [1.82, 2.24) is 5.32 Å². The quantitative estimate of drug-likeness (QED) is 0.873. The summed E-state index contributed by atoms with van der Waals surface area (Å²) in [7, 11) is 0. The molecule has 0 aliphatic rings. The Kier molecular flexibility index (Phi) is 5.38. The molecular formula is C13H16F3NO3. The number of nitrogens with one attached hydrogen (secondary N) is 1. The van der Waals surface area contributed by atoms with E-state index in [0.717, 1.165) is 5.56 Å². The minimum Gasteiger partial charge on any atom is -0.483 e. The molecule has 0 unspecified atom stereocenters. The van der Waals surface area contributed by atoms with Crippen molar-refractivity contribution >= 4 is 5.91 Å². The number of carbonyl (C=O) groups is 1. The second kappa shape index (κ2) is 6.60. The standard InChI is InChI=1S/C13H16F3NO3/c1-8-3-4-11(10(5-8)9(2)18)20-6-12(19)17-7-13(14,15)16/h3-5,9,18H,6-7H2,1-2H3,(H,17,19)/t9-/m0/s1. The average Bonchev–Trinajstić information content (AvgIpc) is 2.33. The minimum atomic E-state index is -4.45. The molecule has 0 aliphatic heterocycles. The van der Waals surface area contributed by atoms with Gasteiger partial charge in [0.2, 0.25) is 0 Å². The summed E-state index contributed by atoms with van der Waals surface area (Å²) in [6.07, 6.45) is -5.26. The Morgan fingerprint density at radius 2 is 2.10 bits per heavy atom. The van der Waals surface area contributed by atoms with Gasteiger partial charge >= 0.3 is 6.18 Å². The molecule has 0 heterocycles. The zero-order valence-electron chi connectivity index (χ0n) is 11.1. The van der Waals surface area contributed by atoms with Gasteiger partial charge in [-0.1, -0.05) is 11.6 Å². The Hall–Kier alpha value is -1.76. The number of carbonyl (C=O) groups excluding carboxylic acids is 1. The number of alkyl halides is 3. The highest BCUT2D eigenvalue weighted by atomic mass is 19.4. The van der Waals surface area contributed by atoms with Crippen molar-refractivity contribution in [1.29, 1.82) is 0 Å². The normalized spacial score (nSPS) is 12.9. The van der Waals surface area contributed by atoms with Crippen LogP contribution in [-0.2, 0) is 4.79 Å². The molecule has 1 rings (SSSR count). The molecule has 1 amide bonds. The summed E-state index contributed by atoms with van der Waals surface area (Å²) in [6.45, 7) is 1.42. The second-order valence-corrected chi connectivity index (χ2v) is 4.40. The molecule has 0 aliphatic carbocycles. The third kappa shape index (κ3) is 5.48. The van der Waals surface area contributed by atoms with E-state index in [4.69, 9.17) is 4.74 Å². The number of rotatable bonds is 5. The van der Waals surface area contributed by atoms with Crippen LogP contribution in [0.2, 0.25) is 0 Å². The first-order valence-electron chi connectivity index (χ1n) is 5.94. The van der Waals surface area contributed by atoms with Crippen molar-refractivity contribution in [2.24, 2.45) is 0 Å². The number of aliphatic hydroxyl groups is 1. The van der Waals surface area contributed by atoms with E-state index in [9.17, 15) is 23.1 Å². The average molecular weight is 291 g/mol. The largest absolute Gasteiger partial charge is 0.483 e. The third-order valence-corrected chi connectivity index (χ3v) is 2.46. The molecule has 1 atom stereocenters. The van der Waals surface area contributed by atoms with Crippen molar-refractivity contribution in [3.8, 4) is 5.75 Å². The molecule has 0 aromatic heterocycles. The molecule has 0 fully saturated rings. The van der Waals surface area contributed by atoms with Crippen LogP contribution in [0.1, 0.15) is 24.2 Å². The number of halogens is 3. The maximum absolute atomic E-state index is 11.9. The first-order chi connectivity index (χ1) is 9.19. The Morgan fingerprint density at radius 3 is 2.65 bits per heavy atom. The maximum atomic E-state index is 11.9. The molecule has 1 aromatic rings. The fourth-order valence-electron chi connectivity index (χ4n) is 1.52. The molecule has 0 saturated heterocycles. The van der Waals surface area contributed by atoms with E-state index in [1.54, 1.807) is 23.5 Å². The van der Waals surface area contributed by atoms with Crippen molar-refractivity contribution in [3.63, 3.8) is 0 Å². The van der Waals surface area contributed by atoms with Crippen LogP contribution < -0.4 is 10.1 Å². The van der Waals surface area contributed by atoms with E-state index in [-0.39, 0.29) is 5.75 Å². The zero-order chi connectivity index (χ0) is 15.3. The molecule has 2 N–H and O–H groups in total. The van der Waals surface area contributed by atoms with Gasteiger partial charge in [-0.15, -0.1) is 0 Å². The summed E-state index contributed by atoms with van der Waals surface area (Å²) in [6, 6.07) is 4.97. The van der Waals surface area contributed by atoms with E-state index >= 15 is 0 Å². The van der Waals surface area contributed by atoms with Crippen molar-refractivity contribution < 1.29 is 27.8 Å². The van der Waals surface area contributed by atoms with Gasteiger partial charge in [-0.3, -0.25) is 4.79 Å². The van der Waals surface area contributed by atoms with Crippen LogP contribution in [-0.4, -0.2) is 30.3 Å². The molecule has 0 radical (unpaired) electrons. The van der Waals surface area contributed by atoms with Crippen LogP contribution in [0.3, 0.4) is 0 Å². The van der Waals surface area contributed by atoms with E-state index < -0.39 is 31.3 Å². The Balaban J connectivity index is 2.59. The SMILES string of the molecule is Cc1ccc(OCC(=O)NCC(F)(F)F)c([C@H](C)O)c1. The van der Waals surface area contributed by atoms with Crippen LogP contribution in [0.15, 0.2) is 18.2 Å². The topological polar surface area (TPSA) is 58.6 Å². The fraction of sp³-hybridized carbons (Fsp3) is 0.462. The minimum absolute atomic E-state index is 0.271. The smallest absolute Gasteiger partial charge is 0.405 e. The predicted molar refractivity (Wildman–Crippen MR) is 66.4 cm³/mol. The van der Waals surface area contributed by atoms with E-state index in [0.29, 0.717) is 5.56 Å². The monoisotopic (exact) mass is 291 g/mol. The number of hydrogen-bond donors (Lipinski definition) is 2. The van der Waals surface area contributed by atoms with Crippen LogP contribution in [0.4, 0.5) is 13.2 Å². The molecule has 1 aromatic carbocycles. The summed E-state index contributed by atoms with van der Waals surface area (Å²) in [5.74, 6) is -0.604. The van der Waals surface area contributed by atoms with E-state index in [2.05, 4.69) is 0 Å². The van der Waals surface area contributed by atoms with Crippen LogP contribution in [0.25, 0.3) is 0 Å². The molecule has 4 nitrogen and oxygen atoms in total. The van der Waals surface area contributed by atoms with Crippen molar-refractivity contribution in [2.75, 3.05) is 13.2 Å². The first-order valence-corrected chi connectivity index (χ1v) is 5.94. The third-order valence-electron chi connectivity index (χ3n) is 2.46. The van der Waals surface area contributed by atoms with Gasteiger partial charge < -0.3 is 15.2 Å². The van der Waals surface area contributed by atoms with Gasteiger partial charge in [-0.2, -0.15) is 13.2 Å². The highest BCUT2D eigenvalue weighted by molar-refractivity contribution is 5.77. The summed E-state index contributed by atoms with van der Waals surface area (Å²) in [4.78, 5) is 11.2. The maximum Gasteiger partial charge on any atom is 0.405 e. The Bertz CT molecular complexity index is 472. The van der Waals surface area contributed by atoms with Crippen molar-refractivity contribution in [3.05, 3.63) is 29.3 Å². The Labute approximate surface area is 114 Å². The molecule has 0 bridgehead atoms. The van der Waals surface area contributed by atoms with Gasteiger partial charge in [0.05, 0.1) is 6.10 Å². The number of benzene rings is 1. The van der Waals surface area contributed by atoms with Crippen LogP contribution in [0.5, 0.6) is 5.75 Å². The number of hydrogen-bond acceptors (Lipinski definition) is 3. The molecule has 0 saturated carbocycles. The lowest BCUT2D eigenvalue weighted by molar-refractivity contribution is -0.139. The summed E-state index contributed by atoms with van der Waals surface area (Å²) in [5.41, 5.74) is 1.38. The molecule has 112 valence electrons. The van der Waals surface area contributed by atoms with E-state index in [1.807, 2.05) is 6.92 Å². The molecular weight excluding hydrogens is 275 g/mol. The molecule has 20 heavy (non-hydrogen) atoms. The highest BCUT2D eigenvalue weighted by Gasteiger charge is 2.27. The Morgan fingerprint density at radius 1 is 1.45 bits per heavy atom. The van der Waals surface area contributed by atoms with Gasteiger partial charge in [-0.05, 0) is 26.0 Å². The summed E-state index contributed by atoms with van der Waals surface area (Å²) < 4.78 is 40.9. The zero-order valence-corrected chi connectivity index (χ0v) is 11.1. The fourth-order valence-corrected chi connectivity index (χ4v) is 1.52. The van der Waals surface area contributed by atoms with Crippen molar-refractivity contribution in [2.45, 2.75) is 26.1 Å². The lowest BCUT2D eigenvalue weighted by Gasteiger charge is -2.14. The van der Waals surface area contributed by atoms with Gasteiger partial charge in [0, 0.05) is 5.56 Å². The number of ether oxygens (including phenoxy) is 1. The van der Waals surface area contributed by atoms with Gasteiger partial charge in [-0.25, -0.2) is 0 Å². The van der Waals surface area contributed by atoms with E-state index in [1.165, 1.54) is 6.92 Å². The molecule has 0 spiro atoms. The first kappa shape index (κ1) is 16.3. The molecule has 7 heteroatoms. The lowest BCUT2D eigenvalue weighted by atomic mass is 10.1. The number of aliphatic hydroxyl groups excluding tert-OH is 1. The second-order valence-electron chi connectivity index (χ2n) is 4.40. The lowest BCUT2D eigenvalue weighted by Crippen LogP contribution is -2.36. The van der Waals surface area contributed by atoms with Crippen LogP contribution in [0, 0.1) is 6.92 Å². The number of amides is 1. The van der Waals surface area contributed by atoms with Gasteiger partial charge in [0.1, 0.15) is 12.3 Å². The van der Waals surface area contributed by atoms with Gasteiger partial charge in [0.15, 0.2) is 6.61 Å². The van der Waals surface area contributed by atoms with Crippen LogP contribution >= 0.6 is 0 Å². The predicted octanol–water partition coefficient (Wildman–Crippen LogP) is 2.11. The van der Waals surface area contributed by atoms with Gasteiger partial charge in [0.25, 0.3) is 5.91 Å². The summed E-state index contributed by atoms with van der Waals surface area (Å²) in [5, 5.41) is 11.3. The summed E-state index contributed by atoms with van der Waals surface area (Å²) >= 11 is 0.